The minimum Gasteiger partial charge on any atom is -0.480 e. The van der Waals surface area contributed by atoms with Crippen molar-refractivity contribution in [3.8, 4) is 0 Å². The lowest BCUT2D eigenvalue weighted by molar-refractivity contribution is -0.139. The molecule has 166 valence electrons. The summed E-state index contributed by atoms with van der Waals surface area (Å²) in [6.45, 7) is 0.988. The van der Waals surface area contributed by atoms with Crippen LogP contribution in [0.4, 0.5) is 10.2 Å². The number of nitrogens with zero attached hydrogens (tertiary/aromatic N) is 1. The lowest BCUT2D eigenvalue weighted by Crippen LogP contribution is -2.41. The number of amides is 1. The summed E-state index contributed by atoms with van der Waals surface area (Å²) < 4.78 is 13.7. The SMILES string of the molecule is O=C(NC(CCCCCCCc1ccc2c(n1)NCCC2)C(=O)O)c1ccccc1F. The Labute approximate surface area is 182 Å². The molecule has 31 heavy (non-hydrogen) atoms. The van der Waals surface area contributed by atoms with Crippen molar-refractivity contribution in [3.05, 3.63) is 59.0 Å². The number of aromatic nitrogens is 1. The van der Waals surface area contributed by atoms with Crippen LogP contribution in [0.15, 0.2) is 36.4 Å². The smallest absolute Gasteiger partial charge is 0.326 e. The van der Waals surface area contributed by atoms with Gasteiger partial charge in [0.15, 0.2) is 0 Å². The molecule has 0 bridgehead atoms. The van der Waals surface area contributed by atoms with E-state index in [0.717, 1.165) is 63.0 Å². The van der Waals surface area contributed by atoms with Crippen LogP contribution in [0, 0.1) is 5.82 Å². The lowest BCUT2D eigenvalue weighted by atomic mass is 10.0. The third-order valence-corrected chi connectivity index (χ3v) is 5.60. The molecule has 0 saturated heterocycles. The lowest BCUT2D eigenvalue weighted by Gasteiger charge is -2.17. The monoisotopic (exact) mass is 427 g/mol. The fourth-order valence-electron chi connectivity index (χ4n) is 3.83. The number of aryl methyl sites for hydroxylation is 2. The van der Waals surface area contributed by atoms with Gasteiger partial charge in [0, 0.05) is 12.2 Å². The Morgan fingerprint density at radius 1 is 1.10 bits per heavy atom. The maximum Gasteiger partial charge on any atom is 0.326 e. The summed E-state index contributed by atoms with van der Waals surface area (Å²) in [6.07, 6.45) is 8.17. The van der Waals surface area contributed by atoms with Crippen LogP contribution in [0.2, 0.25) is 0 Å². The highest BCUT2D eigenvalue weighted by atomic mass is 19.1. The second kappa shape index (κ2) is 11.4. The Balaban J connectivity index is 1.34. The first-order valence-electron chi connectivity index (χ1n) is 11.1. The first kappa shape index (κ1) is 22.7. The van der Waals surface area contributed by atoms with E-state index in [1.807, 2.05) is 0 Å². The van der Waals surface area contributed by atoms with Gasteiger partial charge in [-0.25, -0.2) is 14.2 Å². The number of carbonyl (C=O) groups is 2. The number of hydrogen-bond donors (Lipinski definition) is 3. The molecule has 0 fully saturated rings. The van der Waals surface area contributed by atoms with Gasteiger partial charge in [0.05, 0.1) is 5.56 Å². The number of carbonyl (C=O) groups excluding carboxylic acids is 1. The summed E-state index contributed by atoms with van der Waals surface area (Å²) in [4.78, 5) is 28.3. The molecule has 6 nitrogen and oxygen atoms in total. The highest BCUT2D eigenvalue weighted by Crippen LogP contribution is 2.20. The van der Waals surface area contributed by atoms with Crippen molar-refractivity contribution >= 4 is 17.7 Å². The number of anilines is 1. The zero-order valence-corrected chi connectivity index (χ0v) is 17.7. The maximum absolute atomic E-state index is 13.7. The quantitative estimate of drug-likeness (QED) is 0.464. The van der Waals surface area contributed by atoms with Crippen molar-refractivity contribution in [2.75, 3.05) is 11.9 Å². The van der Waals surface area contributed by atoms with Gasteiger partial charge in [-0.1, -0.05) is 43.9 Å². The Morgan fingerprint density at radius 3 is 2.68 bits per heavy atom. The molecule has 1 aromatic carbocycles. The molecule has 2 heterocycles. The first-order chi connectivity index (χ1) is 15.0. The van der Waals surface area contributed by atoms with Crippen LogP contribution >= 0.6 is 0 Å². The summed E-state index contributed by atoms with van der Waals surface area (Å²) in [6, 6.07) is 8.83. The van der Waals surface area contributed by atoms with E-state index < -0.39 is 23.7 Å². The zero-order valence-electron chi connectivity index (χ0n) is 17.7. The largest absolute Gasteiger partial charge is 0.480 e. The number of rotatable bonds is 11. The van der Waals surface area contributed by atoms with Gasteiger partial charge in [-0.3, -0.25) is 4.79 Å². The topological polar surface area (TPSA) is 91.3 Å². The second-order valence-electron chi connectivity index (χ2n) is 7.99. The van der Waals surface area contributed by atoms with Crippen LogP contribution in [-0.2, 0) is 17.6 Å². The zero-order chi connectivity index (χ0) is 22.1. The van der Waals surface area contributed by atoms with Gasteiger partial charge >= 0.3 is 5.97 Å². The molecule has 1 aromatic heterocycles. The number of halogens is 1. The van der Waals surface area contributed by atoms with E-state index in [4.69, 9.17) is 4.98 Å². The van der Waals surface area contributed by atoms with Crippen molar-refractivity contribution in [3.63, 3.8) is 0 Å². The van der Waals surface area contributed by atoms with Crippen LogP contribution in [0.3, 0.4) is 0 Å². The third kappa shape index (κ3) is 6.77. The number of hydrogen-bond acceptors (Lipinski definition) is 4. The number of pyridine rings is 1. The van der Waals surface area contributed by atoms with E-state index in [-0.39, 0.29) is 5.56 Å². The van der Waals surface area contributed by atoms with E-state index in [1.165, 1.54) is 23.8 Å². The van der Waals surface area contributed by atoms with Gasteiger partial charge < -0.3 is 15.7 Å². The van der Waals surface area contributed by atoms with Crippen molar-refractivity contribution in [2.45, 2.75) is 63.8 Å². The standard InChI is InChI=1S/C24H30FN3O3/c25-20-12-7-6-11-19(20)23(29)28-21(24(30)31)13-5-3-1-2-4-10-18-15-14-17-9-8-16-26-22(17)27-18/h6-7,11-12,14-15,21H,1-5,8-10,13,16H2,(H,26,27)(H,28,29)(H,30,31). The van der Waals surface area contributed by atoms with E-state index in [9.17, 15) is 19.1 Å². The molecule has 1 atom stereocenters. The van der Waals surface area contributed by atoms with E-state index in [1.54, 1.807) is 6.07 Å². The molecule has 0 radical (unpaired) electrons. The van der Waals surface area contributed by atoms with Gasteiger partial charge in [0.2, 0.25) is 0 Å². The summed E-state index contributed by atoms with van der Waals surface area (Å²) in [7, 11) is 0. The van der Waals surface area contributed by atoms with Crippen molar-refractivity contribution in [1.29, 1.82) is 0 Å². The molecule has 0 saturated carbocycles. The van der Waals surface area contributed by atoms with Gasteiger partial charge in [0.1, 0.15) is 17.7 Å². The normalized spacial score (nSPS) is 13.7. The molecular formula is C24H30FN3O3. The maximum atomic E-state index is 13.7. The van der Waals surface area contributed by atoms with E-state index in [2.05, 4.69) is 22.8 Å². The number of nitrogens with one attached hydrogen (secondary N) is 2. The highest BCUT2D eigenvalue weighted by molar-refractivity contribution is 5.96. The molecule has 0 aliphatic carbocycles. The number of carboxylic acids is 1. The number of fused-ring (bicyclic) bond motifs is 1. The van der Waals surface area contributed by atoms with Crippen LogP contribution in [0.25, 0.3) is 0 Å². The van der Waals surface area contributed by atoms with Crippen LogP contribution in [-0.4, -0.2) is 34.6 Å². The molecule has 0 spiro atoms. The fraction of sp³-hybridized carbons (Fsp3) is 0.458. The Morgan fingerprint density at radius 2 is 1.87 bits per heavy atom. The van der Waals surface area contributed by atoms with Gasteiger partial charge in [-0.05, 0) is 55.9 Å². The van der Waals surface area contributed by atoms with Gasteiger partial charge in [-0.15, -0.1) is 0 Å². The Hall–Kier alpha value is -2.96. The molecular weight excluding hydrogens is 397 g/mol. The van der Waals surface area contributed by atoms with Crippen LogP contribution in [0.5, 0.6) is 0 Å². The average molecular weight is 428 g/mol. The Kier molecular flexibility index (Phi) is 8.38. The van der Waals surface area contributed by atoms with Gasteiger partial charge in [0.25, 0.3) is 5.91 Å². The molecule has 1 aliphatic heterocycles. The van der Waals surface area contributed by atoms with E-state index >= 15 is 0 Å². The van der Waals surface area contributed by atoms with Crippen molar-refractivity contribution < 1.29 is 19.1 Å². The highest BCUT2D eigenvalue weighted by Gasteiger charge is 2.21. The molecule has 3 N–H and O–H groups in total. The van der Waals surface area contributed by atoms with Crippen LogP contribution in [0.1, 0.15) is 66.6 Å². The van der Waals surface area contributed by atoms with Crippen molar-refractivity contribution in [1.82, 2.24) is 10.3 Å². The number of carboxylic acid groups (broad SMARTS) is 1. The van der Waals surface area contributed by atoms with Gasteiger partial charge in [-0.2, -0.15) is 0 Å². The second-order valence-corrected chi connectivity index (χ2v) is 7.99. The average Bonchev–Trinajstić information content (AvgIpc) is 2.77. The summed E-state index contributed by atoms with van der Waals surface area (Å²) in [5.74, 6) is -1.43. The fourth-order valence-corrected chi connectivity index (χ4v) is 3.83. The summed E-state index contributed by atoms with van der Waals surface area (Å²) in [5, 5.41) is 15.2. The predicted molar refractivity (Wildman–Crippen MR) is 118 cm³/mol. The van der Waals surface area contributed by atoms with Crippen molar-refractivity contribution in [2.24, 2.45) is 0 Å². The predicted octanol–water partition coefficient (Wildman–Crippen LogP) is 4.35. The number of unbranched alkanes of at least 4 members (excludes halogenated alkanes) is 4. The summed E-state index contributed by atoms with van der Waals surface area (Å²) >= 11 is 0. The first-order valence-corrected chi connectivity index (χ1v) is 11.1. The molecule has 3 rings (SSSR count). The number of aliphatic carboxylic acids is 1. The van der Waals surface area contributed by atoms with E-state index in [0.29, 0.717) is 12.8 Å². The molecule has 2 aromatic rings. The number of benzene rings is 1. The third-order valence-electron chi connectivity index (χ3n) is 5.60. The minimum absolute atomic E-state index is 0.139. The minimum atomic E-state index is -1.10. The van der Waals surface area contributed by atoms with Crippen LogP contribution < -0.4 is 10.6 Å². The molecule has 1 aliphatic rings. The molecule has 7 heteroatoms. The molecule has 1 amide bonds. The molecule has 1 unspecified atom stereocenters. The summed E-state index contributed by atoms with van der Waals surface area (Å²) in [5.41, 5.74) is 2.26. The Bertz CT molecular complexity index is 903.